The predicted octanol–water partition coefficient (Wildman–Crippen LogP) is 5.03. The number of ketones is 1. The Labute approximate surface area is 172 Å². The number of hydrogen-bond acceptors (Lipinski definition) is 3. The van der Waals surface area contributed by atoms with Crippen LogP contribution in [-0.2, 0) is 12.8 Å². The highest BCUT2D eigenvalue weighted by Crippen LogP contribution is 2.40. The number of benzene rings is 1. The highest BCUT2D eigenvalue weighted by atomic mass is 16.1. The summed E-state index contributed by atoms with van der Waals surface area (Å²) in [6, 6.07) is 14.7. The van der Waals surface area contributed by atoms with E-state index in [1.165, 1.54) is 12.0 Å². The van der Waals surface area contributed by atoms with E-state index in [1.807, 2.05) is 12.3 Å². The first-order valence-electron chi connectivity index (χ1n) is 10.5. The minimum Gasteiger partial charge on any atom is -0.358 e. The fourth-order valence-electron chi connectivity index (χ4n) is 4.64. The van der Waals surface area contributed by atoms with Crippen molar-refractivity contribution in [2.75, 3.05) is 18.0 Å². The highest BCUT2D eigenvalue weighted by molar-refractivity contribution is 6.02. The smallest absolute Gasteiger partial charge is 0.165 e. The Morgan fingerprint density at radius 1 is 1.10 bits per heavy atom. The number of H-pyrrole nitrogens is 1. The molecule has 3 aromatic rings. The SMILES string of the molecule is CC1(C)CC(=O)c2c([nH]c(-c3ccnc(N4CCC4)c3)c2Cc2ccccc2)C1. The molecule has 2 aliphatic rings. The van der Waals surface area contributed by atoms with Crippen LogP contribution in [0.2, 0.25) is 0 Å². The summed E-state index contributed by atoms with van der Waals surface area (Å²) in [7, 11) is 0. The molecular formula is C25H27N3O. The molecule has 4 heteroatoms. The lowest BCUT2D eigenvalue weighted by Crippen LogP contribution is -2.37. The van der Waals surface area contributed by atoms with Gasteiger partial charge in [0.2, 0.25) is 0 Å². The summed E-state index contributed by atoms with van der Waals surface area (Å²) < 4.78 is 0. The van der Waals surface area contributed by atoms with Gasteiger partial charge in [-0.1, -0.05) is 44.2 Å². The second kappa shape index (κ2) is 6.87. The Morgan fingerprint density at radius 3 is 2.62 bits per heavy atom. The lowest BCUT2D eigenvalue weighted by molar-refractivity contribution is 0.0911. The van der Waals surface area contributed by atoms with Crippen LogP contribution in [-0.4, -0.2) is 28.8 Å². The van der Waals surface area contributed by atoms with Crippen LogP contribution in [0, 0.1) is 5.41 Å². The van der Waals surface area contributed by atoms with Gasteiger partial charge in [0.25, 0.3) is 0 Å². The Bertz CT molecular complexity index is 1060. The van der Waals surface area contributed by atoms with E-state index in [0.717, 1.165) is 59.8 Å². The summed E-state index contributed by atoms with van der Waals surface area (Å²) in [5, 5.41) is 0. The molecule has 3 heterocycles. The Kier molecular flexibility index (Phi) is 4.30. The van der Waals surface area contributed by atoms with Gasteiger partial charge < -0.3 is 9.88 Å². The van der Waals surface area contributed by atoms with E-state index in [9.17, 15) is 4.79 Å². The average molecular weight is 386 g/mol. The number of carbonyl (C=O) groups is 1. The van der Waals surface area contributed by atoms with Crippen molar-refractivity contribution in [1.29, 1.82) is 0 Å². The molecule has 5 rings (SSSR count). The minimum atomic E-state index is -0.00272. The van der Waals surface area contributed by atoms with Crippen LogP contribution < -0.4 is 4.90 Å². The van der Waals surface area contributed by atoms with E-state index in [0.29, 0.717) is 6.42 Å². The molecule has 0 bridgehead atoms. The van der Waals surface area contributed by atoms with E-state index in [4.69, 9.17) is 0 Å². The number of hydrogen-bond donors (Lipinski definition) is 1. The van der Waals surface area contributed by atoms with Crippen molar-refractivity contribution in [2.45, 2.75) is 39.5 Å². The second-order valence-electron chi connectivity index (χ2n) is 9.18. The van der Waals surface area contributed by atoms with Crippen molar-refractivity contribution >= 4 is 11.6 Å². The fourth-order valence-corrected chi connectivity index (χ4v) is 4.64. The topological polar surface area (TPSA) is 49.0 Å². The van der Waals surface area contributed by atoms with Crippen LogP contribution in [0.1, 0.15) is 53.9 Å². The largest absolute Gasteiger partial charge is 0.358 e. The molecule has 1 fully saturated rings. The fraction of sp³-hybridized carbons (Fsp3) is 0.360. The molecule has 0 radical (unpaired) electrons. The quantitative estimate of drug-likeness (QED) is 0.685. The zero-order chi connectivity index (χ0) is 20.0. The van der Waals surface area contributed by atoms with E-state index in [1.54, 1.807) is 0 Å². The molecule has 148 valence electrons. The van der Waals surface area contributed by atoms with Crippen LogP contribution in [0.25, 0.3) is 11.3 Å². The molecule has 4 nitrogen and oxygen atoms in total. The molecule has 0 saturated carbocycles. The monoisotopic (exact) mass is 385 g/mol. The molecule has 2 aromatic heterocycles. The van der Waals surface area contributed by atoms with Crippen molar-refractivity contribution in [3.63, 3.8) is 0 Å². The van der Waals surface area contributed by atoms with Gasteiger partial charge in [-0.2, -0.15) is 0 Å². The molecular weight excluding hydrogens is 358 g/mol. The van der Waals surface area contributed by atoms with Gasteiger partial charge in [-0.05, 0) is 41.5 Å². The molecule has 29 heavy (non-hydrogen) atoms. The van der Waals surface area contributed by atoms with Crippen molar-refractivity contribution in [3.8, 4) is 11.3 Å². The average Bonchev–Trinajstić information content (AvgIpc) is 2.98. The van der Waals surface area contributed by atoms with Crippen molar-refractivity contribution in [3.05, 3.63) is 71.0 Å². The number of anilines is 1. The maximum absolute atomic E-state index is 13.1. The number of nitrogens with one attached hydrogen (secondary N) is 1. The van der Waals surface area contributed by atoms with Crippen molar-refractivity contribution in [2.24, 2.45) is 5.41 Å². The number of pyridine rings is 1. The first kappa shape index (κ1) is 18.2. The van der Waals surface area contributed by atoms with Crippen LogP contribution in [0.3, 0.4) is 0 Å². The standard InChI is InChI=1S/C25H27N3O/c1-25(2)15-20-23(21(29)16-25)19(13-17-7-4-3-5-8-17)24(27-20)18-9-10-26-22(14-18)28-11-6-12-28/h3-5,7-10,14,27H,6,11-13,15-16H2,1-2H3. The summed E-state index contributed by atoms with van der Waals surface area (Å²) in [4.78, 5) is 23.7. The van der Waals surface area contributed by atoms with Gasteiger partial charge in [0.05, 0.1) is 5.69 Å². The van der Waals surface area contributed by atoms with E-state index < -0.39 is 0 Å². The molecule has 1 aliphatic heterocycles. The highest BCUT2D eigenvalue weighted by Gasteiger charge is 2.35. The normalized spacial score (nSPS) is 17.7. The molecule has 0 atom stereocenters. The molecule has 0 amide bonds. The maximum Gasteiger partial charge on any atom is 0.165 e. The van der Waals surface area contributed by atoms with Gasteiger partial charge in [0.1, 0.15) is 5.82 Å². The zero-order valence-corrected chi connectivity index (χ0v) is 17.2. The number of rotatable bonds is 4. The molecule has 1 aromatic carbocycles. The molecule has 0 spiro atoms. The van der Waals surface area contributed by atoms with Crippen LogP contribution in [0.15, 0.2) is 48.7 Å². The summed E-state index contributed by atoms with van der Waals surface area (Å²) in [6.45, 7) is 6.50. The Hall–Kier alpha value is -2.88. The van der Waals surface area contributed by atoms with Gasteiger partial charge >= 0.3 is 0 Å². The molecule has 1 saturated heterocycles. The minimum absolute atomic E-state index is 0.00272. The van der Waals surface area contributed by atoms with Gasteiger partial charge in [0.15, 0.2) is 5.78 Å². The number of Topliss-reactive ketones (excluding diaryl/α,β-unsaturated/α-hetero) is 1. The second-order valence-corrected chi connectivity index (χ2v) is 9.18. The third kappa shape index (κ3) is 3.37. The van der Waals surface area contributed by atoms with Crippen LogP contribution in [0.5, 0.6) is 0 Å². The number of carbonyl (C=O) groups excluding carboxylic acids is 1. The third-order valence-electron chi connectivity index (χ3n) is 6.19. The third-order valence-corrected chi connectivity index (χ3v) is 6.19. The number of aromatic amines is 1. The molecule has 0 unspecified atom stereocenters. The molecule has 1 aliphatic carbocycles. The van der Waals surface area contributed by atoms with Gasteiger partial charge in [-0.25, -0.2) is 4.98 Å². The summed E-state index contributed by atoms with van der Waals surface area (Å²) in [5.74, 6) is 1.29. The maximum atomic E-state index is 13.1. The van der Waals surface area contributed by atoms with Crippen LogP contribution >= 0.6 is 0 Å². The lowest BCUT2D eigenvalue weighted by Gasteiger charge is -2.32. The number of aromatic nitrogens is 2. The Balaban J connectivity index is 1.64. The zero-order valence-electron chi connectivity index (χ0n) is 17.2. The number of nitrogens with zero attached hydrogens (tertiary/aromatic N) is 2. The Morgan fingerprint density at radius 2 is 1.90 bits per heavy atom. The predicted molar refractivity (Wildman–Crippen MR) is 117 cm³/mol. The molecule has 1 N–H and O–H groups in total. The van der Waals surface area contributed by atoms with Gasteiger partial charge in [-0.3, -0.25) is 4.79 Å². The van der Waals surface area contributed by atoms with Crippen LogP contribution in [0.4, 0.5) is 5.82 Å². The number of fused-ring (bicyclic) bond motifs is 1. The summed E-state index contributed by atoms with van der Waals surface area (Å²) in [6.07, 6.45) is 5.39. The lowest BCUT2D eigenvalue weighted by atomic mass is 9.75. The van der Waals surface area contributed by atoms with Crippen molar-refractivity contribution < 1.29 is 4.79 Å². The van der Waals surface area contributed by atoms with E-state index >= 15 is 0 Å². The van der Waals surface area contributed by atoms with Gasteiger partial charge in [-0.15, -0.1) is 0 Å². The van der Waals surface area contributed by atoms with E-state index in [2.05, 4.69) is 65.1 Å². The first-order valence-corrected chi connectivity index (χ1v) is 10.5. The summed E-state index contributed by atoms with van der Waals surface area (Å²) >= 11 is 0. The first-order chi connectivity index (χ1) is 14.0. The van der Waals surface area contributed by atoms with Crippen molar-refractivity contribution in [1.82, 2.24) is 9.97 Å². The summed E-state index contributed by atoms with van der Waals surface area (Å²) in [5.41, 5.74) is 6.57. The van der Waals surface area contributed by atoms with E-state index in [-0.39, 0.29) is 11.2 Å². The van der Waals surface area contributed by atoms with Gasteiger partial charge in [0, 0.05) is 48.9 Å².